The molecule has 2 heterocycles. The number of H-pyrrole nitrogens is 1. The van der Waals surface area contributed by atoms with E-state index in [0.717, 1.165) is 48.5 Å². The van der Waals surface area contributed by atoms with Gasteiger partial charge in [0.25, 0.3) is 5.56 Å². The first-order chi connectivity index (χ1) is 11.6. The van der Waals surface area contributed by atoms with Crippen LogP contribution in [0.4, 0.5) is 4.39 Å². The van der Waals surface area contributed by atoms with E-state index < -0.39 is 0 Å². The van der Waals surface area contributed by atoms with Gasteiger partial charge in [0.15, 0.2) is 11.6 Å². The molecule has 1 aliphatic carbocycles. The number of hydrogen-bond donors (Lipinski definition) is 1. The molecule has 24 heavy (non-hydrogen) atoms. The van der Waals surface area contributed by atoms with Crippen LogP contribution < -0.4 is 10.3 Å². The Hall–Kier alpha value is -2.21. The fourth-order valence-corrected chi connectivity index (χ4v) is 3.25. The van der Waals surface area contributed by atoms with E-state index in [-0.39, 0.29) is 17.1 Å². The van der Waals surface area contributed by atoms with Gasteiger partial charge in [-0.05, 0) is 30.5 Å². The molecule has 1 aliphatic heterocycles. The summed E-state index contributed by atoms with van der Waals surface area (Å²) < 4.78 is 18.8. The van der Waals surface area contributed by atoms with Crippen LogP contribution in [0.15, 0.2) is 23.0 Å². The molecule has 1 aromatic carbocycles. The number of aromatic nitrogens is 2. The zero-order valence-electron chi connectivity index (χ0n) is 13.6. The quantitative estimate of drug-likeness (QED) is 0.935. The summed E-state index contributed by atoms with van der Waals surface area (Å²) in [6.45, 7) is 1.97. The lowest BCUT2D eigenvalue weighted by Gasteiger charge is -2.27. The van der Waals surface area contributed by atoms with Crippen LogP contribution >= 0.6 is 0 Å². The zero-order chi connectivity index (χ0) is 16.7. The van der Waals surface area contributed by atoms with Crippen LogP contribution in [0.5, 0.6) is 5.75 Å². The molecule has 126 valence electrons. The lowest BCUT2D eigenvalue weighted by atomic mass is 10.1. The fraction of sp³-hybridized carbons (Fsp3) is 0.444. The molecule has 2 aliphatic rings. The van der Waals surface area contributed by atoms with Crippen LogP contribution in [0.3, 0.4) is 0 Å². The van der Waals surface area contributed by atoms with E-state index in [1.807, 2.05) is 6.07 Å². The van der Waals surface area contributed by atoms with Gasteiger partial charge >= 0.3 is 0 Å². The molecule has 1 aromatic heterocycles. The second-order valence-corrected chi connectivity index (χ2v) is 6.58. The molecule has 1 saturated carbocycles. The fourth-order valence-electron chi connectivity index (χ4n) is 3.25. The SMILES string of the molecule is COc1ccc(CN2CCc3nc(C4CC4)[nH]c(=O)c3C2)cc1F. The Morgan fingerprint density at radius 3 is 2.96 bits per heavy atom. The van der Waals surface area contributed by atoms with Crippen LogP contribution in [0, 0.1) is 5.82 Å². The van der Waals surface area contributed by atoms with Crippen LogP contribution in [-0.2, 0) is 19.5 Å². The first-order valence-electron chi connectivity index (χ1n) is 8.31. The third kappa shape index (κ3) is 2.94. The number of hydrogen-bond acceptors (Lipinski definition) is 4. The van der Waals surface area contributed by atoms with E-state index in [4.69, 9.17) is 4.74 Å². The number of ether oxygens (including phenoxy) is 1. The van der Waals surface area contributed by atoms with E-state index in [2.05, 4.69) is 14.9 Å². The van der Waals surface area contributed by atoms with E-state index in [1.54, 1.807) is 6.07 Å². The monoisotopic (exact) mass is 329 g/mol. The molecular weight excluding hydrogens is 309 g/mol. The Kier molecular flexibility index (Phi) is 3.84. The lowest BCUT2D eigenvalue weighted by molar-refractivity contribution is 0.241. The Labute approximate surface area is 139 Å². The van der Waals surface area contributed by atoms with Crippen molar-refractivity contribution in [2.45, 2.75) is 38.3 Å². The summed E-state index contributed by atoms with van der Waals surface area (Å²) in [7, 11) is 1.45. The van der Waals surface area contributed by atoms with Gasteiger partial charge < -0.3 is 9.72 Å². The standard InChI is InChI=1S/C18H20FN3O2/c1-24-16-5-2-11(8-14(16)19)9-22-7-6-15-13(10-22)18(23)21-17(20-15)12-3-4-12/h2,5,8,12H,3-4,6-7,9-10H2,1H3,(H,20,21,23). The van der Waals surface area contributed by atoms with Gasteiger partial charge in [-0.25, -0.2) is 9.37 Å². The van der Waals surface area contributed by atoms with Crippen molar-refractivity contribution in [3.63, 3.8) is 0 Å². The van der Waals surface area contributed by atoms with Crippen molar-refractivity contribution in [3.8, 4) is 5.75 Å². The van der Waals surface area contributed by atoms with E-state index in [0.29, 0.717) is 19.0 Å². The van der Waals surface area contributed by atoms with Gasteiger partial charge in [0.2, 0.25) is 0 Å². The Morgan fingerprint density at radius 1 is 1.42 bits per heavy atom. The second-order valence-electron chi connectivity index (χ2n) is 6.58. The van der Waals surface area contributed by atoms with E-state index >= 15 is 0 Å². The average molecular weight is 329 g/mol. The molecule has 0 radical (unpaired) electrons. The summed E-state index contributed by atoms with van der Waals surface area (Å²) in [6.07, 6.45) is 3.01. The minimum atomic E-state index is -0.360. The summed E-state index contributed by atoms with van der Waals surface area (Å²) in [5, 5.41) is 0. The van der Waals surface area contributed by atoms with Crippen LogP contribution in [0.1, 0.15) is 41.4 Å². The lowest BCUT2D eigenvalue weighted by Crippen LogP contribution is -2.35. The molecule has 0 saturated heterocycles. The summed E-state index contributed by atoms with van der Waals surface area (Å²) in [5.41, 5.74) is 2.53. The first kappa shape index (κ1) is 15.3. The van der Waals surface area contributed by atoms with Gasteiger partial charge in [-0.1, -0.05) is 6.07 Å². The third-order valence-corrected chi connectivity index (χ3v) is 4.75. The predicted octanol–water partition coefficient (Wildman–Crippen LogP) is 2.35. The molecule has 0 atom stereocenters. The highest BCUT2D eigenvalue weighted by Crippen LogP contribution is 2.37. The van der Waals surface area contributed by atoms with E-state index in [1.165, 1.54) is 13.2 Å². The predicted molar refractivity (Wildman–Crippen MR) is 87.6 cm³/mol. The van der Waals surface area contributed by atoms with Gasteiger partial charge in [0.1, 0.15) is 5.82 Å². The minimum absolute atomic E-state index is 0.0208. The molecule has 2 aromatic rings. The van der Waals surface area contributed by atoms with Gasteiger partial charge in [-0.3, -0.25) is 9.69 Å². The topological polar surface area (TPSA) is 58.2 Å². The maximum atomic E-state index is 13.8. The van der Waals surface area contributed by atoms with Gasteiger partial charge in [-0.15, -0.1) is 0 Å². The largest absolute Gasteiger partial charge is 0.494 e. The van der Waals surface area contributed by atoms with Crippen molar-refractivity contribution in [2.24, 2.45) is 0 Å². The molecule has 5 nitrogen and oxygen atoms in total. The van der Waals surface area contributed by atoms with Crippen molar-refractivity contribution in [1.29, 1.82) is 0 Å². The summed E-state index contributed by atoms with van der Waals surface area (Å²) in [4.78, 5) is 22.1. The van der Waals surface area contributed by atoms with Crippen molar-refractivity contribution in [1.82, 2.24) is 14.9 Å². The van der Waals surface area contributed by atoms with Crippen molar-refractivity contribution < 1.29 is 9.13 Å². The minimum Gasteiger partial charge on any atom is -0.494 e. The van der Waals surface area contributed by atoms with E-state index in [9.17, 15) is 9.18 Å². The molecule has 4 rings (SSSR count). The summed E-state index contributed by atoms with van der Waals surface area (Å²) in [6, 6.07) is 4.99. The molecule has 0 unspecified atom stereocenters. The second kappa shape index (κ2) is 6.02. The average Bonchev–Trinajstić information content (AvgIpc) is 3.40. The van der Waals surface area contributed by atoms with Crippen LogP contribution in [0.25, 0.3) is 0 Å². The highest BCUT2D eigenvalue weighted by Gasteiger charge is 2.29. The van der Waals surface area contributed by atoms with Crippen molar-refractivity contribution >= 4 is 0 Å². The van der Waals surface area contributed by atoms with Crippen LogP contribution in [0.2, 0.25) is 0 Å². The molecule has 0 spiro atoms. The molecule has 0 amide bonds. The highest BCUT2D eigenvalue weighted by atomic mass is 19.1. The molecule has 1 N–H and O–H groups in total. The molecule has 1 fully saturated rings. The Balaban J connectivity index is 1.52. The normalized spacial score (nSPS) is 17.6. The molecule has 0 bridgehead atoms. The number of nitrogens with zero attached hydrogens (tertiary/aromatic N) is 2. The first-order valence-corrected chi connectivity index (χ1v) is 8.31. The van der Waals surface area contributed by atoms with Crippen molar-refractivity contribution in [2.75, 3.05) is 13.7 Å². The number of nitrogens with one attached hydrogen (secondary N) is 1. The van der Waals surface area contributed by atoms with Crippen molar-refractivity contribution in [3.05, 3.63) is 57.0 Å². The summed E-state index contributed by atoms with van der Waals surface area (Å²) >= 11 is 0. The van der Waals surface area contributed by atoms with Crippen LogP contribution in [-0.4, -0.2) is 28.5 Å². The highest BCUT2D eigenvalue weighted by molar-refractivity contribution is 5.30. The maximum absolute atomic E-state index is 13.8. The molecular formula is C18H20FN3O2. The Bertz CT molecular complexity index is 829. The number of rotatable bonds is 4. The number of aromatic amines is 1. The third-order valence-electron chi connectivity index (χ3n) is 4.75. The smallest absolute Gasteiger partial charge is 0.255 e. The number of benzene rings is 1. The van der Waals surface area contributed by atoms with Gasteiger partial charge in [-0.2, -0.15) is 0 Å². The summed E-state index contributed by atoms with van der Waals surface area (Å²) in [5.74, 6) is 1.18. The number of methoxy groups -OCH3 is 1. The number of halogens is 1. The Morgan fingerprint density at radius 2 is 2.25 bits per heavy atom. The molecule has 6 heteroatoms. The van der Waals surface area contributed by atoms with Gasteiger partial charge in [0, 0.05) is 32.0 Å². The maximum Gasteiger partial charge on any atom is 0.255 e. The number of fused-ring (bicyclic) bond motifs is 1. The van der Waals surface area contributed by atoms with Gasteiger partial charge in [0.05, 0.1) is 18.4 Å². The zero-order valence-corrected chi connectivity index (χ0v) is 13.6.